The molecule has 0 bridgehead atoms. The smallest absolute Gasteiger partial charge is 0.221 e. The molecule has 112 valence electrons. The number of anilines is 1. The number of nitrogens with one attached hydrogen (secondary N) is 2. The minimum absolute atomic E-state index is 0.263. The fourth-order valence-corrected chi connectivity index (χ4v) is 2.35. The van der Waals surface area contributed by atoms with Crippen molar-refractivity contribution in [1.82, 2.24) is 4.72 Å². The Bertz CT molecular complexity index is 489. The second-order valence-electron chi connectivity index (χ2n) is 5.68. The molecule has 1 rings (SSSR count). The lowest BCUT2D eigenvalue weighted by atomic mass is 10.1. The summed E-state index contributed by atoms with van der Waals surface area (Å²) >= 11 is -1.25. The average molecular weight is 300 g/mol. The summed E-state index contributed by atoms with van der Waals surface area (Å²) in [5, 5.41) is 2.54. The zero-order valence-electron chi connectivity index (χ0n) is 12.4. The standard InChI is InChI=1S/C14H21FN2O2S/c1-9(17-20(19)14(3,4)5)11-6-12(15)8-13(7-11)16-10(2)18/h6-9,17H,1-5H3,(H,16,18)/t9-,20?/m0/s1. The van der Waals surface area contributed by atoms with Crippen molar-refractivity contribution in [2.24, 2.45) is 0 Å². The van der Waals surface area contributed by atoms with Gasteiger partial charge in [-0.2, -0.15) is 0 Å². The molecule has 0 saturated heterocycles. The van der Waals surface area contributed by atoms with Crippen molar-refractivity contribution in [2.45, 2.75) is 45.4 Å². The van der Waals surface area contributed by atoms with Gasteiger partial charge < -0.3 is 9.87 Å². The zero-order chi connectivity index (χ0) is 15.5. The summed E-state index contributed by atoms with van der Waals surface area (Å²) in [5.41, 5.74) is 1.02. The third-order valence-electron chi connectivity index (χ3n) is 2.58. The Hall–Kier alpha value is -1.11. The van der Waals surface area contributed by atoms with E-state index in [4.69, 9.17) is 0 Å². The van der Waals surface area contributed by atoms with Gasteiger partial charge >= 0.3 is 0 Å². The van der Waals surface area contributed by atoms with Crippen LogP contribution in [-0.4, -0.2) is 15.2 Å². The normalized spacial score (nSPS) is 14.8. The van der Waals surface area contributed by atoms with Gasteiger partial charge in [-0.25, -0.2) is 4.39 Å². The Kier molecular flexibility index (Phi) is 5.56. The molecule has 20 heavy (non-hydrogen) atoms. The van der Waals surface area contributed by atoms with E-state index >= 15 is 0 Å². The molecular weight excluding hydrogens is 279 g/mol. The molecule has 0 radical (unpaired) electrons. The Morgan fingerprint density at radius 3 is 2.45 bits per heavy atom. The molecule has 0 heterocycles. The molecule has 0 spiro atoms. The number of amides is 1. The molecule has 1 amide bonds. The maximum Gasteiger partial charge on any atom is 0.221 e. The predicted molar refractivity (Wildman–Crippen MR) is 80.1 cm³/mol. The molecule has 2 N–H and O–H groups in total. The number of rotatable bonds is 4. The highest BCUT2D eigenvalue weighted by Gasteiger charge is 2.28. The topological polar surface area (TPSA) is 64.2 Å². The first-order valence-electron chi connectivity index (χ1n) is 6.35. The fourth-order valence-electron chi connectivity index (χ4n) is 1.54. The van der Waals surface area contributed by atoms with Crippen LogP contribution in [-0.2, 0) is 16.2 Å². The van der Waals surface area contributed by atoms with Gasteiger partial charge in [0.1, 0.15) is 10.6 Å². The summed E-state index contributed by atoms with van der Waals surface area (Å²) in [7, 11) is 0. The van der Waals surface area contributed by atoms with Crippen molar-refractivity contribution in [1.29, 1.82) is 0 Å². The molecule has 4 nitrogen and oxygen atoms in total. The van der Waals surface area contributed by atoms with Gasteiger partial charge in [-0.05, 0) is 51.5 Å². The van der Waals surface area contributed by atoms with E-state index in [-0.39, 0.29) is 11.9 Å². The molecule has 0 fully saturated rings. The minimum atomic E-state index is -1.25. The molecule has 2 atom stereocenters. The van der Waals surface area contributed by atoms with Crippen LogP contribution in [0.1, 0.15) is 46.2 Å². The van der Waals surface area contributed by atoms with Crippen LogP contribution in [0.25, 0.3) is 0 Å². The summed E-state index contributed by atoms with van der Waals surface area (Å²) in [6.45, 7) is 8.74. The lowest BCUT2D eigenvalue weighted by molar-refractivity contribution is -0.114. The second-order valence-corrected chi connectivity index (χ2v) is 7.67. The van der Waals surface area contributed by atoms with Gasteiger partial charge in [0, 0.05) is 24.0 Å². The summed E-state index contributed by atoms with van der Waals surface area (Å²) in [5.74, 6) is -0.707. The Balaban J connectivity index is 2.90. The van der Waals surface area contributed by atoms with E-state index in [0.717, 1.165) is 0 Å². The van der Waals surface area contributed by atoms with Crippen LogP contribution in [0.4, 0.5) is 10.1 Å². The molecule has 0 aliphatic rings. The highest BCUT2D eigenvalue weighted by atomic mass is 32.2. The zero-order valence-corrected chi connectivity index (χ0v) is 13.2. The number of halogens is 1. The van der Waals surface area contributed by atoms with E-state index in [9.17, 15) is 13.7 Å². The molecule has 0 aliphatic heterocycles. The van der Waals surface area contributed by atoms with Crippen molar-refractivity contribution < 1.29 is 13.7 Å². The molecular formula is C14H21FN2O2S. The highest BCUT2D eigenvalue weighted by Crippen LogP contribution is 2.23. The Morgan fingerprint density at radius 2 is 1.95 bits per heavy atom. The highest BCUT2D eigenvalue weighted by molar-refractivity contribution is 7.90. The quantitative estimate of drug-likeness (QED) is 0.840. The second kappa shape index (κ2) is 6.56. The molecule has 0 aliphatic carbocycles. The molecule has 6 heteroatoms. The summed E-state index contributed by atoms with van der Waals surface area (Å²) in [6, 6.07) is 3.99. The maximum atomic E-state index is 13.6. The lowest BCUT2D eigenvalue weighted by Gasteiger charge is -2.26. The summed E-state index contributed by atoms with van der Waals surface area (Å²) in [6.07, 6.45) is 0. The number of hydrogen-bond donors (Lipinski definition) is 2. The first-order chi connectivity index (χ1) is 9.09. The molecule has 1 unspecified atom stereocenters. The maximum absolute atomic E-state index is 13.6. The predicted octanol–water partition coefficient (Wildman–Crippen LogP) is 2.90. The molecule has 1 aromatic carbocycles. The van der Waals surface area contributed by atoms with Crippen molar-refractivity contribution >= 4 is 23.0 Å². The average Bonchev–Trinajstić information content (AvgIpc) is 2.25. The van der Waals surface area contributed by atoms with Gasteiger partial charge in [-0.1, -0.05) is 0 Å². The van der Waals surface area contributed by atoms with Gasteiger partial charge in [0.25, 0.3) is 0 Å². The van der Waals surface area contributed by atoms with Crippen molar-refractivity contribution in [3.63, 3.8) is 0 Å². The van der Waals surface area contributed by atoms with Crippen LogP contribution < -0.4 is 10.0 Å². The van der Waals surface area contributed by atoms with Crippen LogP contribution in [0.3, 0.4) is 0 Å². The molecule has 1 aromatic rings. The van der Waals surface area contributed by atoms with Gasteiger partial charge in [0.15, 0.2) is 0 Å². The van der Waals surface area contributed by atoms with E-state index in [2.05, 4.69) is 10.0 Å². The summed E-state index contributed by atoms with van der Waals surface area (Å²) in [4.78, 5) is 11.0. The third-order valence-corrected chi connectivity index (χ3v) is 4.26. The monoisotopic (exact) mass is 300 g/mol. The van der Waals surface area contributed by atoms with E-state index in [1.54, 1.807) is 13.0 Å². The van der Waals surface area contributed by atoms with Gasteiger partial charge in [-0.15, -0.1) is 4.72 Å². The van der Waals surface area contributed by atoms with Crippen LogP contribution >= 0.6 is 0 Å². The lowest BCUT2D eigenvalue weighted by Crippen LogP contribution is -2.40. The van der Waals surface area contributed by atoms with E-state index in [1.807, 2.05) is 20.8 Å². The van der Waals surface area contributed by atoms with Crippen LogP contribution in [0.15, 0.2) is 18.2 Å². The first kappa shape index (κ1) is 16.9. The number of carbonyl (C=O) groups is 1. The Labute approximate surface area is 122 Å². The number of carbonyl (C=O) groups excluding carboxylic acids is 1. The Morgan fingerprint density at radius 1 is 1.35 bits per heavy atom. The SMILES string of the molecule is CC(=O)Nc1cc(F)cc([C@H](C)N[S+]([O-])C(C)(C)C)c1. The fraction of sp³-hybridized carbons (Fsp3) is 0.500. The van der Waals surface area contributed by atoms with Crippen LogP contribution in [0.2, 0.25) is 0 Å². The number of hydrogen-bond acceptors (Lipinski definition) is 3. The number of benzene rings is 1. The van der Waals surface area contributed by atoms with Gasteiger partial charge in [0.05, 0.1) is 6.04 Å². The van der Waals surface area contributed by atoms with E-state index in [1.165, 1.54) is 19.1 Å². The molecule has 0 aromatic heterocycles. The van der Waals surface area contributed by atoms with Crippen molar-refractivity contribution in [3.05, 3.63) is 29.6 Å². The van der Waals surface area contributed by atoms with Crippen LogP contribution in [0, 0.1) is 5.82 Å². The third kappa shape index (κ3) is 5.11. The van der Waals surface area contributed by atoms with E-state index in [0.29, 0.717) is 11.3 Å². The summed E-state index contributed by atoms with van der Waals surface area (Å²) < 4.78 is 28.1. The van der Waals surface area contributed by atoms with Crippen molar-refractivity contribution in [2.75, 3.05) is 5.32 Å². The van der Waals surface area contributed by atoms with Crippen LogP contribution in [0.5, 0.6) is 0 Å². The largest absolute Gasteiger partial charge is 0.598 e. The minimum Gasteiger partial charge on any atom is -0.598 e. The first-order valence-corrected chi connectivity index (χ1v) is 7.50. The van der Waals surface area contributed by atoms with E-state index < -0.39 is 21.9 Å². The van der Waals surface area contributed by atoms with Crippen molar-refractivity contribution in [3.8, 4) is 0 Å². The van der Waals surface area contributed by atoms with Gasteiger partial charge in [-0.3, -0.25) is 4.79 Å². The van der Waals surface area contributed by atoms with Gasteiger partial charge in [0.2, 0.25) is 5.91 Å². The molecule has 0 saturated carbocycles.